The molecule has 4 aromatic rings. The van der Waals surface area contributed by atoms with E-state index in [4.69, 9.17) is 21.7 Å². The third-order valence-electron chi connectivity index (χ3n) is 5.25. The van der Waals surface area contributed by atoms with E-state index in [2.05, 4.69) is 21.0 Å². The van der Waals surface area contributed by atoms with E-state index < -0.39 is 0 Å². The van der Waals surface area contributed by atoms with Gasteiger partial charge in [-0.2, -0.15) is 5.10 Å². The highest BCUT2D eigenvalue weighted by molar-refractivity contribution is 6.30. The third kappa shape index (κ3) is 3.07. The van der Waals surface area contributed by atoms with Gasteiger partial charge in [0, 0.05) is 31.1 Å². The van der Waals surface area contributed by atoms with Gasteiger partial charge in [0.15, 0.2) is 17.1 Å². The number of fused-ring (bicyclic) bond motifs is 3. The van der Waals surface area contributed by atoms with Crippen LogP contribution in [0.3, 0.4) is 0 Å². The Hall–Kier alpha value is -2.51. The molecule has 7 nitrogen and oxygen atoms in total. The van der Waals surface area contributed by atoms with Gasteiger partial charge in [-0.05, 0) is 37.1 Å². The summed E-state index contributed by atoms with van der Waals surface area (Å²) in [6.07, 6.45) is 5.78. The first kappa shape index (κ1) is 16.6. The van der Waals surface area contributed by atoms with Crippen LogP contribution in [-0.2, 0) is 13.6 Å². The standard InChI is InChI=1S/C19H20ClN7/c1-25-18-16(9-22-25)19-23-17(24-27(19)12-21-18)14-5-3-7-26(11-14)10-13-4-2-6-15(20)8-13/h2,4,6,8-9,12,14H,3,5,7,10-11H2,1H3/t14-/m0/s1. The summed E-state index contributed by atoms with van der Waals surface area (Å²) in [6.45, 7) is 2.94. The van der Waals surface area contributed by atoms with Crippen molar-refractivity contribution in [3.63, 3.8) is 0 Å². The number of aromatic nitrogens is 6. The SMILES string of the molecule is Cn1ncc2c1ncn1nc([C@H]3CCCN(Cc4cccc(Cl)c4)C3)nc21. The highest BCUT2D eigenvalue weighted by Gasteiger charge is 2.25. The van der Waals surface area contributed by atoms with E-state index in [1.54, 1.807) is 15.5 Å². The van der Waals surface area contributed by atoms with Crippen molar-refractivity contribution in [2.45, 2.75) is 25.3 Å². The van der Waals surface area contributed by atoms with Crippen LogP contribution in [-0.4, -0.2) is 47.4 Å². The van der Waals surface area contributed by atoms with Gasteiger partial charge in [-0.15, -0.1) is 5.10 Å². The monoisotopic (exact) mass is 381 g/mol. The summed E-state index contributed by atoms with van der Waals surface area (Å²) in [5, 5.41) is 10.7. The fourth-order valence-corrected chi connectivity index (χ4v) is 4.14. The molecule has 0 bridgehead atoms. The van der Waals surface area contributed by atoms with E-state index >= 15 is 0 Å². The van der Waals surface area contributed by atoms with Crippen molar-refractivity contribution in [1.82, 2.24) is 34.3 Å². The van der Waals surface area contributed by atoms with Crippen LogP contribution < -0.4 is 0 Å². The molecule has 1 aromatic carbocycles. The number of halogens is 1. The van der Waals surface area contributed by atoms with Gasteiger partial charge >= 0.3 is 0 Å². The number of rotatable bonds is 3. The Bertz CT molecular complexity index is 1120. The average Bonchev–Trinajstić information content (AvgIpc) is 3.26. The molecular weight excluding hydrogens is 362 g/mol. The highest BCUT2D eigenvalue weighted by Crippen LogP contribution is 2.27. The molecule has 3 aromatic heterocycles. The number of hydrogen-bond acceptors (Lipinski definition) is 5. The molecule has 0 radical (unpaired) electrons. The van der Waals surface area contributed by atoms with Gasteiger partial charge in [0.2, 0.25) is 0 Å². The van der Waals surface area contributed by atoms with E-state index in [-0.39, 0.29) is 0 Å². The molecule has 138 valence electrons. The number of hydrogen-bond donors (Lipinski definition) is 0. The van der Waals surface area contributed by atoms with Crippen molar-refractivity contribution in [1.29, 1.82) is 0 Å². The van der Waals surface area contributed by atoms with Crippen molar-refractivity contribution >= 4 is 28.3 Å². The lowest BCUT2D eigenvalue weighted by Gasteiger charge is -2.31. The molecule has 5 rings (SSSR count). The van der Waals surface area contributed by atoms with Crippen LogP contribution in [0.5, 0.6) is 0 Å². The number of nitrogens with zero attached hydrogens (tertiary/aromatic N) is 7. The van der Waals surface area contributed by atoms with Crippen molar-refractivity contribution in [2.24, 2.45) is 7.05 Å². The summed E-state index contributed by atoms with van der Waals surface area (Å²) in [5.74, 6) is 1.22. The molecule has 8 heteroatoms. The Labute approximate surface area is 161 Å². The Morgan fingerprint density at radius 2 is 2.19 bits per heavy atom. The first-order chi connectivity index (χ1) is 13.2. The highest BCUT2D eigenvalue weighted by atomic mass is 35.5. The van der Waals surface area contributed by atoms with Crippen LogP contribution in [0.15, 0.2) is 36.8 Å². The fourth-order valence-electron chi connectivity index (χ4n) is 3.93. The van der Waals surface area contributed by atoms with Gasteiger partial charge in [-0.25, -0.2) is 14.5 Å². The molecule has 0 N–H and O–H groups in total. The zero-order valence-electron chi connectivity index (χ0n) is 15.1. The Kier molecular flexibility index (Phi) is 4.06. The second-order valence-electron chi connectivity index (χ2n) is 7.19. The molecular formula is C19H20ClN7. The zero-order chi connectivity index (χ0) is 18.4. The van der Waals surface area contributed by atoms with Crippen LogP contribution in [0.4, 0.5) is 0 Å². The lowest BCUT2D eigenvalue weighted by atomic mass is 9.97. The van der Waals surface area contributed by atoms with Gasteiger partial charge in [0.05, 0.1) is 11.6 Å². The number of likely N-dealkylation sites (tertiary alicyclic amines) is 1. The first-order valence-corrected chi connectivity index (χ1v) is 9.55. The Morgan fingerprint density at radius 1 is 1.26 bits per heavy atom. The van der Waals surface area contributed by atoms with Gasteiger partial charge in [0.25, 0.3) is 0 Å². The largest absolute Gasteiger partial charge is 0.298 e. The van der Waals surface area contributed by atoms with Crippen LogP contribution >= 0.6 is 11.6 Å². The first-order valence-electron chi connectivity index (χ1n) is 9.17. The van der Waals surface area contributed by atoms with Crippen LogP contribution in [0, 0.1) is 0 Å². The van der Waals surface area contributed by atoms with Crippen LogP contribution in [0.2, 0.25) is 5.02 Å². The maximum absolute atomic E-state index is 6.13. The summed E-state index contributed by atoms with van der Waals surface area (Å²) in [6, 6.07) is 8.09. The molecule has 1 fully saturated rings. The molecule has 4 heterocycles. The average molecular weight is 382 g/mol. The number of benzene rings is 1. The van der Waals surface area contributed by atoms with Gasteiger partial charge < -0.3 is 0 Å². The van der Waals surface area contributed by atoms with Crippen molar-refractivity contribution in [3.8, 4) is 0 Å². The van der Waals surface area contributed by atoms with Crippen molar-refractivity contribution in [3.05, 3.63) is 53.2 Å². The Balaban J connectivity index is 1.41. The number of piperidine rings is 1. The quantitative estimate of drug-likeness (QED) is 0.545. The maximum Gasteiger partial charge on any atom is 0.170 e. The molecule has 1 atom stereocenters. The van der Waals surface area contributed by atoms with E-state index in [1.807, 2.05) is 31.4 Å². The summed E-state index contributed by atoms with van der Waals surface area (Å²) < 4.78 is 3.53. The summed E-state index contributed by atoms with van der Waals surface area (Å²) in [7, 11) is 1.89. The molecule has 0 spiro atoms. The smallest absolute Gasteiger partial charge is 0.170 e. The van der Waals surface area contributed by atoms with Crippen molar-refractivity contribution < 1.29 is 0 Å². The minimum atomic E-state index is 0.324. The number of aryl methyl sites for hydroxylation is 1. The van der Waals surface area contributed by atoms with E-state index in [0.29, 0.717) is 5.92 Å². The molecule has 0 aliphatic carbocycles. The molecule has 0 amide bonds. The fraction of sp³-hybridized carbons (Fsp3) is 0.368. The Morgan fingerprint density at radius 3 is 3.07 bits per heavy atom. The molecule has 1 aliphatic heterocycles. The predicted molar refractivity (Wildman–Crippen MR) is 104 cm³/mol. The lowest BCUT2D eigenvalue weighted by Crippen LogP contribution is -2.34. The second-order valence-corrected chi connectivity index (χ2v) is 7.63. The van der Waals surface area contributed by atoms with E-state index in [9.17, 15) is 0 Å². The molecule has 1 saturated heterocycles. The minimum absolute atomic E-state index is 0.324. The summed E-state index contributed by atoms with van der Waals surface area (Å²) in [5.41, 5.74) is 2.90. The van der Waals surface area contributed by atoms with Gasteiger partial charge in [-0.1, -0.05) is 23.7 Å². The molecule has 1 aliphatic rings. The van der Waals surface area contributed by atoms with Gasteiger partial charge in [0.1, 0.15) is 6.33 Å². The third-order valence-corrected chi connectivity index (χ3v) is 5.49. The van der Waals surface area contributed by atoms with E-state index in [0.717, 1.165) is 60.0 Å². The zero-order valence-corrected chi connectivity index (χ0v) is 15.8. The topological polar surface area (TPSA) is 64.1 Å². The summed E-state index contributed by atoms with van der Waals surface area (Å²) >= 11 is 6.13. The predicted octanol–water partition coefficient (Wildman–Crippen LogP) is 3.04. The van der Waals surface area contributed by atoms with Gasteiger partial charge in [-0.3, -0.25) is 9.58 Å². The van der Waals surface area contributed by atoms with E-state index in [1.165, 1.54) is 5.56 Å². The molecule has 27 heavy (non-hydrogen) atoms. The minimum Gasteiger partial charge on any atom is -0.298 e. The summed E-state index contributed by atoms with van der Waals surface area (Å²) in [4.78, 5) is 11.8. The second kappa shape index (κ2) is 6.58. The normalized spacial score (nSPS) is 18.5. The lowest BCUT2D eigenvalue weighted by molar-refractivity contribution is 0.196. The van der Waals surface area contributed by atoms with Crippen LogP contribution in [0.25, 0.3) is 16.7 Å². The molecule has 0 saturated carbocycles. The van der Waals surface area contributed by atoms with Crippen molar-refractivity contribution in [2.75, 3.05) is 13.1 Å². The molecule has 0 unspecified atom stereocenters. The van der Waals surface area contributed by atoms with Crippen LogP contribution in [0.1, 0.15) is 30.1 Å². The maximum atomic E-state index is 6.13.